The molecule has 1 aromatic carbocycles. The van der Waals surface area contributed by atoms with E-state index in [-0.39, 0.29) is 11.7 Å². The molecule has 0 saturated carbocycles. The largest absolute Gasteiger partial charge is 0.341 e. The van der Waals surface area contributed by atoms with Gasteiger partial charge in [0.05, 0.1) is 5.54 Å². The average Bonchev–Trinajstić information content (AvgIpc) is 2.81. The predicted molar refractivity (Wildman–Crippen MR) is 73.7 cm³/mol. The van der Waals surface area contributed by atoms with E-state index in [4.69, 9.17) is 0 Å². The van der Waals surface area contributed by atoms with E-state index >= 15 is 0 Å². The number of carbonyl (C=O) groups is 1. The molecular weight excluding hydrogens is 263 g/mol. The molecule has 0 bridgehead atoms. The number of amides is 1. The predicted octanol–water partition coefficient (Wildman–Crippen LogP) is 3.26. The lowest BCUT2D eigenvalue weighted by molar-refractivity contribution is 0.0911. The van der Waals surface area contributed by atoms with Crippen LogP contribution in [0.4, 0.5) is 4.39 Å². The summed E-state index contributed by atoms with van der Waals surface area (Å²) < 4.78 is 13.0. The van der Waals surface area contributed by atoms with Crippen molar-refractivity contribution in [3.8, 4) is 0 Å². The standard InChI is InChI=1S/C14H15FN2OS/c1-9-8-10(15)4-5-11(9)12(18)17-14(2,3)13-16-6-7-19-13/h4-8H,1-3H3,(H,17,18). The topological polar surface area (TPSA) is 42.0 Å². The minimum absolute atomic E-state index is 0.224. The van der Waals surface area contributed by atoms with Gasteiger partial charge in [-0.3, -0.25) is 4.79 Å². The number of nitrogens with one attached hydrogen (secondary N) is 1. The SMILES string of the molecule is Cc1cc(F)ccc1C(=O)NC(C)(C)c1nccs1. The summed E-state index contributed by atoms with van der Waals surface area (Å²) in [5.74, 6) is -0.564. The van der Waals surface area contributed by atoms with Crippen molar-refractivity contribution in [3.63, 3.8) is 0 Å². The summed E-state index contributed by atoms with van der Waals surface area (Å²) in [5.41, 5.74) is 0.546. The van der Waals surface area contributed by atoms with E-state index in [9.17, 15) is 9.18 Å². The van der Waals surface area contributed by atoms with Crippen LogP contribution >= 0.6 is 11.3 Å². The van der Waals surface area contributed by atoms with E-state index < -0.39 is 5.54 Å². The first-order chi connectivity index (χ1) is 8.90. The minimum Gasteiger partial charge on any atom is -0.341 e. The molecule has 0 radical (unpaired) electrons. The number of nitrogens with zero attached hydrogens (tertiary/aromatic N) is 1. The first-order valence-electron chi connectivity index (χ1n) is 5.89. The zero-order chi connectivity index (χ0) is 14.0. The van der Waals surface area contributed by atoms with Crippen molar-refractivity contribution < 1.29 is 9.18 Å². The van der Waals surface area contributed by atoms with Crippen molar-refractivity contribution in [1.29, 1.82) is 0 Å². The lowest BCUT2D eigenvalue weighted by Gasteiger charge is -2.24. The summed E-state index contributed by atoms with van der Waals surface area (Å²) in [6.07, 6.45) is 1.71. The highest BCUT2D eigenvalue weighted by molar-refractivity contribution is 7.09. The molecule has 1 aromatic heterocycles. The van der Waals surface area contributed by atoms with Gasteiger partial charge in [-0.05, 0) is 44.5 Å². The number of hydrogen-bond acceptors (Lipinski definition) is 3. The van der Waals surface area contributed by atoms with E-state index in [0.717, 1.165) is 5.01 Å². The number of aryl methyl sites for hydroxylation is 1. The van der Waals surface area contributed by atoms with Gasteiger partial charge in [-0.1, -0.05) is 0 Å². The van der Waals surface area contributed by atoms with Crippen LogP contribution in [0.25, 0.3) is 0 Å². The van der Waals surface area contributed by atoms with E-state index in [1.54, 1.807) is 13.1 Å². The summed E-state index contributed by atoms with van der Waals surface area (Å²) >= 11 is 1.49. The van der Waals surface area contributed by atoms with Gasteiger partial charge in [0.1, 0.15) is 10.8 Å². The highest BCUT2D eigenvalue weighted by Crippen LogP contribution is 2.23. The number of halogens is 1. The molecule has 1 heterocycles. The van der Waals surface area contributed by atoms with Crippen molar-refractivity contribution in [1.82, 2.24) is 10.3 Å². The van der Waals surface area contributed by atoms with Crippen LogP contribution in [-0.2, 0) is 5.54 Å². The van der Waals surface area contributed by atoms with Crippen LogP contribution in [0.5, 0.6) is 0 Å². The van der Waals surface area contributed by atoms with Gasteiger partial charge < -0.3 is 5.32 Å². The fraction of sp³-hybridized carbons (Fsp3) is 0.286. The van der Waals surface area contributed by atoms with Crippen LogP contribution in [0.3, 0.4) is 0 Å². The molecule has 0 spiro atoms. The second-order valence-electron chi connectivity index (χ2n) is 4.88. The quantitative estimate of drug-likeness (QED) is 0.936. The Kier molecular flexibility index (Phi) is 3.66. The van der Waals surface area contributed by atoms with Gasteiger partial charge in [-0.15, -0.1) is 11.3 Å². The lowest BCUT2D eigenvalue weighted by Crippen LogP contribution is -2.41. The highest BCUT2D eigenvalue weighted by atomic mass is 32.1. The third-order valence-corrected chi connectivity index (χ3v) is 3.92. The molecule has 1 amide bonds. The van der Waals surface area contributed by atoms with Gasteiger partial charge in [-0.25, -0.2) is 9.37 Å². The van der Waals surface area contributed by atoms with Crippen LogP contribution in [0, 0.1) is 12.7 Å². The molecule has 3 nitrogen and oxygen atoms in total. The molecular formula is C14H15FN2OS. The van der Waals surface area contributed by atoms with E-state index in [1.165, 1.54) is 29.5 Å². The molecule has 2 rings (SSSR count). The van der Waals surface area contributed by atoms with Crippen molar-refractivity contribution in [2.45, 2.75) is 26.3 Å². The number of thiazole rings is 1. The van der Waals surface area contributed by atoms with Crippen LogP contribution in [0.2, 0.25) is 0 Å². The zero-order valence-electron chi connectivity index (χ0n) is 11.0. The lowest BCUT2D eigenvalue weighted by atomic mass is 10.0. The maximum absolute atomic E-state index is 13.0. The molecule has 0 aliphatic carbocycles. The fourth-order valence-corrected chi connectivity index (χ4v) is 2.54. The molecule has 0 unspecified atom stereocenters. The van der Waals surface area contributed by atoms with Gasteiger partial charge in [0.15, 0.2) is 0 Å². The normalized spacial score (nSPS) is 11.4. The third-order valence-electron chi connectivity index (χ3n) is 2.83. The average molecular weight is 278 g/mol. The second kappa shape index (κ2) is 5.09. The van der Waals surface area contributed by atoms with Crippen molar-refractivity contribution in [2.24, 2.45) is 0 Å². The summed E-state index contributed by atoms with van der Waals surface area (Å²) in [4.78, 5) is 16.4. The molecule has 0 saturated heterocycles. The highest BCUT2D eigenvalue weighted by Gasteiger charge is 2.26. The van der Waals surface area contributed by atoms with Gasteiger partial charge in [0.25, 0.3) is 5.91 Å². The Balaban J connectivity index is 2.21. The first-order valence-corrected chi connectivity index (χ1v) is 6.77. The van der Waals surface area contributed by atoms with Gasteiger partial charge in [-0.2, -0.15) is 0 Å². The number of rotatable bonds is 3. The fourth-order valence-electron chi connectivity index (χ4n) is 1.82. The Hall–Kier alpha value is -1.75. The maximum Gasteiger partial charge on any atom is 0.252 e. The number of carbonyl (C=O) groups excluding carboxylic acids is 1. The van der Waals surface area contributed by atoms with Crippen molar-refractivity contribution >= 4 is 17.2 Å². The molecule has 0 aliphatic heterocycles. The second-order valence-corrected chi connectivity index (χ2v) is 5.77. The van der Waals surface area contributed by atoms with E-state index in [0.29, 0.717) is 11.1 Å². The number of benzene rings is 1. The summed E-state index contributed by atoms with van der Waals surface area (Å²) in [5, 5.41) is 5.62. The van der Waals surface area contributed by atoms with E-state index in [1.807, 2.05) is 19.2 Å². The van der Waals surface area contributed by atoms with Crippen molar-refractivity contribution in [2.75, 3.05) is 0 Å². The van der Waals surface area contributed by atoms with Crippen LogP contribution in [0.1, 0.15) is 34.8 Å². The molecule has 1 N–H and O–H groups in total. The van der Waals surface area contributed by atoms with Crippen LogP contribution in [-0.4, -0.2) is 10.9 Å². The molecule has 0 atom stereocenters. The van der Waals surface area contributed by atoms with Gasteiger partial charge in [0, 0.05) is 17.1 Å². The minimum atomic E-state index is -0.550. The zero-order valence-corrected chi connectivity index (χ0v) is 11.8. The van der Waals surface area contributed by atoms with Gasteiger partial charge in [0.2, 0.25) is 0 Å². The Morgan fingerprint density at radius 3 is 2.74 bits per heavy atom. The summed E-state index contributed by atoms with van der Waals surface area (Å²) in [6.45, 7) is 5.50. The van der Waals surface area contributed by atoms with Crippen LogP contribution in [0.15, 0.2) is 29.8 Å². The summed E-state index contributed by atoms with van der Waals surface area (Å²) in [7, 11) is 0. The molecule has 0 fully saturated rings. The summed E-state index contributed by atoms with van der Waals surface area (Å²) in [6, 6.07) is 4.14. The van der Waals surface area contributed by atoms with Gasteiger partial charge >= 0.3 is 0 Å². The Labute approximate surface area is 115 Å². The first kappa shape index (κ1) is 13.7. The molecule has 100 valence electrons. The number of aromatic nitrogens is 1. The van der Waals surface area contributed by atoms with Crippen LogP contribution < -0.4 is 5.32 Å². The van der Waals surface area contributed by atoms with E-state index in [2.05, 4.69) is 10.3 Å². The Morgan fingerprint density at radius 2 is 2.16 bits per heavy atom. The Morgan fingerprint density at radius 1 is 1.42 bits per heavy atom. The molecule has 2 aromatic rings. The smallest absolute Gasteiger partial charge is 0.252 e. The van der Waals surface area contributed by atoms with Crippen molar-refractivity contribution in [3.05, 3.63) is 51.7 Å². The maximum atomic E-state index is 13.0. The molecule has 0 aliphatic rings. The monoisotopic (exact) mass is 278 g/mol. The molecule has 5 heteroatoms. The number of hydrogen-bond donors (Lipinski definition) is 1. The Bertz CT molecular complexity index is 593. The third kappa shape index (κ3) is 2.98. The molecule has 19 heavy (non-hydrogen) atoms.